The highest BCUT2D eigenvalue weighted by Gasteiger charge is 2.07. The number of carbonyl (C=O) groups is 1. The summed E-state index contributed by atoms with van der Waals surface area (Å²) < 4.78 is 0. The Balaban J connectivity index is 2.20. The second kappa shape index (κ2) is 4.76. The Kier molecular flexibility index (Phi) is 3.36. The van der Waals surface area contributed by atoms with Gasteiger partial charge in [-0.1, -0.05) is 6.92 Å². The summed E-state index contributed by atoms with van der Waals surface area (Å²) in [5.74, 6) is -0.0821. The lowest BCUT2D eigenvalue weighted by Gasteiger charge is -1.93. The maximum absolute atomic E-state index is 10.9. The fourth-order valence-electron chi connectivity index (χ4n) is 1.30. The van der Waals surface area contributed by atoms with Crippen LogP contribution in [-0.4, -0.2) is 10.9 Å². The molecule has 0 unspecified atom stereocenters. The van der Waals surface area contributed by atoms with Crippen LogP contribution in [0.15, 0.2) is 17.5 Å². The van der Waals surface area contributed by atoms with Gasteiger partial charge in [-0.3, -0.25) is 4.79 Å². The van der Waals surface area contributed by atoms with E-state index in [0.717, 1.165) is 17.0 Å². The molecule has 0 aliphatic heterocycles. The molecule has 0 saturated carbocycles. The van der Waals surface area contributed by atoms with Gasteiger partial charge in [0.15, 0.2) is 5.13 Å². The molecule has 1 amide bonds. The first-order valence-electron chi connectivity index (χ1n) is 5.01. The van der Waals surface area contributed by atoms with Gasteiger partial charge in [0.25, 0.3) is 0 Å². The molecule has 0 aromatic carbocycles. The monoisotopic (exact) mass is 252 g/mol. The molecule has 0 radical (unpaired) electrons. The van der Waals surface area contributed by atoms with Crippen LogP contribution >= 0.6 is 22.7 Å². The number of hydrogen-bond acceptors (Lipinski definition) is 4. The van der Waals surface area contributed by atoms with Crippen LogP contribution in [0.4, 0.5) is 5.13 Å². The van der Waals surface area contributed by atoms with E-state index in [0.29, 0.717) is 5.13 Å². The van der Waals surface area contributed by atoms with Gasteiger partial charge in [0.1, 0.15) is 0 Å². The van der Waals surface area contributed by atoms with Crippen LogP contribution in [0, 0.1) is 0 Å². The Morgan fingerprint density at radius 2 is 2.31 bits per heavy atom. The van der Waals surface area contributed by atoms with Crippen LogP contribution in [0.5, 0.6) is 0 Å². The van der Waals surface area contributed by atoms with Crippen molar-refractivity contribution < 1.29 is 4.79 Å². The SMILES string of the molecule is CCc1ccc(-c2csc(NC(C)=O)n2)s1. The smallest absolute Gasteiger partial charge is 0.223 e. The summed E-state index contributed by atoms with van der Waals surface area (Å²) in [5, 5.41) is 5.32. The molecule has 0 atom stereocenters. The number of amides is 1. The van der Waals surface area contributed by atoms with Crippen LogP contribution in [0.1, 0.15) is 18.7 Å². The van der Waals surface area contributed by atoms with Gasteiger partial charge in [-0.15, -0.1) is 22.7 Å². The summed E-state index contributed by atoms with van der Waals surface area (Å²) in [7, 11) is 0. The molecule has 0 aliphatic carbocycles. The number of hydrogen-bond donors (Lipinski definition) is 1. The minimum atomic E-state index is -0.0821. The highest BCUT2D eigenvalue weighted by molar-refractivity contribution is 7.17. The second-order valence-electron chi connectivity index (χ2n) is 3.34. The predicted octanol–water partition coefficient (Wildman–Crippen LogP) is 3.39. The van der Waals surface area contributed by atoms with Crippen molar-refractivity contribution in [2.75, 3.05) is 5.32 Å². The van der Waals surface area contributed by atoms with E-state index in [9.17, 15) is 4.79 Å². The third-order valence-electron chi connectivity index (χ3n) is 2.05. The van der Waals surface area contributed by atoms with Crippen LogP contribution < -0.4 is 5.32 Å². The summed E-state index contributed by atoms with van der Waals surface area (Å²) in [4.78, 5) is 17.7. The quantitative estimate of drug-likeness (QED) is 0.909. The molecule has 2 rings (SSSR count). The molecule has 2 aromatic heterocycles. The van der Waals surface area contributed by atoms with Crippen molar-refractivity contribution >= 4 is 33.7 Å². The lowest BCUT2D eigenvalue weighted by atomic mass is 10.3. The van der Waals surface area contributed by atoms with Crippen molar-refractivity contribution in [1.29, 1.82) is 0 Å². The maximum atomic E-state index is 10.9. The van der Waals surface area contributed by atoms with Gasteiger partial charge < -0.3 is 5.32 Å². The number of thiazole rings is 1. The maximum Gasteiger partial charge on any atom is 0.223 e. The van der Waals surface area contributed by atoms with Crippen molar-refractivity contribution in [3.8, 4) is 10.6 Å². The summed E-state index contributed by atoms with van der Waals surface area (Å²) in [6.07, 6.45) is 1.05. The largest absolute Gasteiger partial charge is 0.302 e. The van der Waals surface area contributed by atoms with Crippen molar-refractivity contribution in [1.82, 2.24) is 4.98 Å². The highest BCUT2D eigenvalue weighted by atomic mass is 32.1. The average molecular weight is 252 g/mol. The van der Waals surface area contributed by atoms with E-state index in [1.165, 1.54) is 23.1 Å². The van der Waals surface area contributed by atoms with Crippen molar-refractivity contribution in [3.05, 3.63) is 22.4 Å². The molecule has 0 spiro atoms. The minimum absolute atomic E-state index is 0.0821. The number of anilines is 1. The first-order valence-corrected chi connectivity index (χ1v) is 6.71. The number of aryl methyl sites for hydroxylation is 1. The van der Waals surface area contributed by atoms with Crippen molar-refractivity contribution in [2.45, 2.75) is 20.3 Å². The van der Waals surface area contributed by atoms with E-state index >= 15 is 0 Å². The van der Waals surface area contributed by atoms with Gasteiger partial charge in [0.05, 0.1) is 10.6 Å². The number of nitrogens with zero attached hydrogens (tertiary/aromatic N) is 1. The van der Waals surface area contributed by atoms with Gasteiger partial charge in [-0.2, -0.15) is 0 Å². The Morgan fingerprint density at radius 1 is 1.50 bits per heavy atom. The van der Waals surface area contributed by atoms with Gasteiger partial charge in [0.2, 0.25) is 5.91 Å². The number of rotatable bonds is 3. The Labute approximate surface area is 102 Å². The molecule has 5 heteroatoms. The molecule has 2 heterocycles. The van der Waals surface area contributed by atoms with Gasteiger partial charge >= 0.3 is 0 Å². The van der Waals surface area contributed by atoms with Gasteiger partial charge in [0, 0.05) is 17.2 Å². The van der Waals surface area contributed by atoms with Gasteiger partial charge in [-0.25, -0.2) is 4.98 Å². The van der Waals surface area contributed by atoms with Crippen LogP contribution in [-0.2, 0) is 11.2 Å². The molecule has 0 bridgehead atoms. The summed E-state index contributed by atoms with van der Waals surface area (Å²) in [6.45, 7) is 3.63. The summed E-state index contributed by atoms with van der Waals surface area (Å²) in [6, 6.07) is 4.20. The predicted molar refractivity (Wildman–Crippen MR) is 69.1 cm³/mol. The molecule has 2 aromatic rings. The third kappa shape index (κ3) is 2.48. The zero-order valence-electron chi connectivity index (χ0n) is 9.11. The molecule has 1 N–H and O–H groups in total. The fraction of sp³-hybridized carbons (Fsp3) is 0.273. The van der Waals surface area contributed by atoms with Crippen molar-refractivity contribution in [2.24, 2.45) is 0 Å². The van der Waals surface area contributed by atoms with E-state index < -0.39 is 0 Å². The second-order valence-corrected chi connectivity index (χ2v) is 5.37. The van der Waals surface area contributed by atoms with E-state index in [1.54, 1.807) is 11.3 Å². The van der Waals surface area contributed by atoms with E-state index in [2.05, 4.69) is 29.4 Å². The van der Waals surface area contributed by atoms with E-state index in [1.807, 2.05) is 5.38 Å². The number of aromatic nitrogens is 1. The number of nitrogens with one attached hydrogen (secondary N) is 1. The fourth-order valence-corrected chi connectivity index (χ4v) is 3.04. The lowest BCUT2D eigenvalue weighted by Crippen LogP contribution is -2.04. The Bertz CT molecular complexity index is 502. The number of thiophene rings is 1. The molecular formula is C11H12N2OS2. The molecule has 16 heavy (non-hydrogen) atoms. The Hall–Kier alpha value is -1.20. The molecule has 0 aliphatic rings. The van der Waals surface area contributed by atoms with Crippen LogP contribution in [0.3, 0.4) is 0 Å². The molecule has 0 saturated heterocycles. The molecular weight excluding hydrogens is 240 g/mol. The van der Waals surface area contributed by atoms with Crippen LogP contribution in [0.25, 0.3) is 10.6 Å². The average Bonchev–Trinajstić information content (AvgIpc) is 2.83. The van der Waals surface area contributed by atoms with Crippen LogP contribution in [0.2, 0.25) is 0 Å². The molecule has 0 fully saturated rings. The minimum Gasteiger partial charge on any atom is -0.302 e. The number of carbonyl (C=O) groups excluding carboxylic acids is 1. The lowest BCUT2D eigenvalue weighted by molar-refractivity contribution is -0.114. The normalized spacial score (nSPS) is 10.4. The highest BCUT2D eigenvalue weighted by Crippen LogP contribution is 2.30. The first kappa shape index (κ1) is 11.3. The van der Waals surface area contributed by atoms with Crippen molar-refractivity contribution in [3.63, 3.8) is 0 Å². The molecule has 84 valence electrons. The summed E-state index contributed by atoms with van der Waals surface area (Å²) >= 11 is 3.20. The topological polar surface area (TPSA) is 42.0 Å². The van der Waals surface area contributed by atoms with E-state index in [4.69, 9.17) is 0 Å². The third-order valence-corrected chi connectivity index (χ3v) is 4.06. The molecule has 3 nitrogen and oxygen atoms in total. The summed E-state index contributed by atoms with van der Waals surface area (Å²) in [5.41, 5.74) is 0.943. The zero-order chi connectivity index (χ0) is 11.5. The van der Waals surface area contributed by atoms with E-state index in [-0.39, 0.29) is 5.91 Å². The van der Waals surface area contributed by atoms with Gasteiger partial charge in [-0.05, 0) is 18.6 Å². The standard InChI is InChI=1S/C11H12N2OS2/c1-3-8-4-5-10(16-8)9-6-15-11(13-9)12-7(2)14/h4-6H,3H2,1-2H3,(H,12,13,14). The zero-order valence-corrected chi connectivity index (χ0v) is 10.7. The Morgan fingerprint density at radius 3 is 2.94 bits per heavy atom. The first-order chi connectivity index (χ1) is 7.69.